The first-order valence-electron chi connectivity index (χ1n) is 9.47. The van der Waals surface area contributed by atoms with E-state index in [4.69, 9.17) is 28.2 Å². The number of nitrogens with zero attached hydrogens (tertiary/aromatic N) is 3. The molecule has 0 atom stereocenters. The lowest BCUT2D eigenvalue weighted by Gasteiger charge is -2.04. The third-order valence-corrected chi connectivity index (χ3v) is 5.31. The van der Waals surface area contributed by atoms with E-state index in [9.17, 15) is 0 Å². The van der Waals surface area contributed by atoms with Crippen molar-refractivity contribution in [3.8, 4) is 22.6 Å². The van der Waals surface area contributed by atoms with Gasteiger partial charge in [-0.3, -0.25) is 4.98 Å². The predicted octanol–water partition coefficient (Wildman–Crippen LogP) is 6.58. The fourth-order valence-electron chi connectivity index (χ4n) is 3.51. The lowest BCUT2D eigenvalue weighted by Crippen LogP contribution is -1.91. The Bertz CT molecular complexity index is 1360. The molecule has 0 saturated carbocycles. The van der Waals surface area contributed by atoms with E-state index in [1.807, 2.05) is 60.7 Å². The molecule has 0 unspecified atom stereocenters. The van der Waals surface area contributed by atoms with E-state index in [-0.39, 0.29) is 0 Å². The Balaban J connectivity index is 1.64. The number of hydrogen-bond acceptors (Lipinski definition) is 3. The largest absolute Gasteiger partial charge is 0.340 e. The second-order valence-corrected chi connectivity index (χ2v) is 7.79. The molecule has 0 radical (unpaired) electrons. The number of fused-ring (bicyclic) bond motifs is 1. The van der Waals surface area contributed by atoms with Crippen molar-refractivity contribution in [3.63, 3.8) is 0 Å². The molecule has 0 aliphatic rings. The van der Waals surface area contributed by atoms with Crippen LogP contribution in [0.4, 0.5) is 0 Å². The number of aromatic nitrogens is 4. The van der Waals surface area contributed by atoms with Crippen LogP contribution in [0.15, 0.2) is 79.0 Å². The van der Waals surface area contributed by atoms with Gasteiger partial charge in [0, 0.05) is 28.6 Å². The zero-order chi connectivity index (χ0) is 20.5. The fraction of sp³-hybridized carbons (Fsp3) is 0.0417. The highest BCUT2D eigenvalue weighted by Gasteiger charge is 2.16. The number of halogens is 2. The molecular weight excluding hydrogens is 415 g/mol. The molecule has 0 bridgehead atoms. The first-order valence-corrected chi connectivity index (χ1v) is 10.2. The van der Waals surface area contributed by atoms with Crippen LogP contribution in [0.3, 0.4) is 0 Å². The fourth-order valence-corrected chi connectivity index (χ4v) is 3.89. The summed E-state index contributed by atoms with van der Waals surface area (Å²) in [5.41, 5.74) is 5.41. The molecule has 5 aromatic rings. The van der Waals surface area contributed by atoms with Gasteiger partial charge in [-0.25, -0.2) is 9.97 Å². The number of nitrogens with one attached hydrogen (secondary N) is 1. The van der Waals surface area contributed by atoms with Gasteiger partial charge in [0.2, 0.25) is 0 Å². The van der Waals surface area contributed by atoms with E-state index in [0.29, 0.717) is 16.6 Å². The minimum absolute atomic E-state index is 0.437. The van der Waals surface area contributed by atoms with E-state index in [1.165, 1.54) is 0 Å². The Morgan fingerprint density at radius 1 is 0.833 bits per heavy atom. The summed E-state index contributed by atoms with van der Waals surface area (Å²) in [5, 5.41) is 2.20. The molecule has 0 amide bonds. The molecule has 0 fully saturated rings. The SMILES string of the molecule is Clc1cccc(Cc2nc(-c3ccc4ncccc4c3)c(-c3cccc(Cl)n3)[nH]2)c1. The third kappa shape index (κ3) is 3.80. The molecule has 0 aliphatic carbocycles. The van der Waals surface area contributed by atoms with Crippen LogP contribution < -0.4 is 0 Å². The van der Waals surface area contributed by atoms with Crippen LogP contribution in [0.2, 0.25) is 10.2 Å². The topological polar surface area (TPSA) is 54.5 Å². The zero-order valence-corrected chi connectivity index (χ0v) is 17.3. The average molecular weight is 431 g/mol. The minimum atomic E-state index is 0.437. The maximum Gasteiger partial charge on any atom is 0.129 e. The Hall–Kier alpha value is -3.21. The number of rotatable bonds is 4. The quantitative estimate of drug-likeness (QED) is 0.327. The van der Waals surface area contributed by atoms with E-state index >= 15 is 0 Å². The molecule has 0 aliphatic heterocycles. The zero-order valence-electron chi connectivity index (χ0n) is 15.8. The van der Waals surface area contributed by atoms with Gasteiger partial charge in [-0.2, -0.15) is 0 Å². The Labute approximate surface area is 183 Å². The van der Waals surface area contributed by atoms with Crippen LogP contribution in [0.1, 0.15) is 11.4 Å². The monoisotopic (exact) mass is 430 g/mol. The number of H-pyrrole nitrogens is 1. The predicted molar refractivity (Wildman–Crippen MR) is 122 cm³/mol. The Morgan fingerprint density at radius 2 is 1.73 bits per heavy atom. The van der Waals surface area contributed by atoms with Crippen molar-refractivity contribution in [1.29, 1.82) is 0 Å². The van der Waals surface area contributed by atoms with E-state index in [2.05, 4.69) is 21.0 Å². The molecule has 0 spiro atoms. The van der Waals surface area contributed by atoms with Crippen molar-refractivity contribution >= 4 is 34.1 Å². The Kier molecular flexibility index (Phi) is 4.95. The van der Waals surface area contributed by atoms with Crippen molar-refractivity contribution in [3.05, 3.63) is 101 Å². The van der Waals surface area contributed by atoms with Crippen LogP contribution in [-0.4, -0.2) is 19.9 Å². The standard InChI is InChI=1S/C24H16Cl2N4/c25-18-6-1-4-15(12-18)13-22-29-23(24(30-22)20-7-2-8-21(26)28-20)17-9-10-19-16(14-17)5-3-11-27-19/h1-12,14H,13H2,(H,29,30). The maximum atomic E-state index is 6.16. The summed E-state index contributed by atoms with van der Waals surface area (Å²) in [7, 11) is 0. The number of imidazole rings is 1. The molecule has 0 saturated heterocycles. The van der Waals surface area contributed by atoms with Crippen LogP contribution in [-0.2, 0) is 6.42 Å². The first-order chi connectivity index (χ1) is 14.7. The number of benzene rings is 2. The minimum Gasteiger partial charge on any atom is -0.340 e. The normalized spacial score (nSPS) is 11.1. The van der Waals surface area contributed by atoms with Crippen molar-refractivity contribution in [2.75, 3.05) is 0 Å². The lowest BCUT2D eigenvalue weighted by molar-refractivity contribution is 1.03. The Morgan fingerprint density at radius 3 is 2.60 bits per heavy atom. The third-order valence-electron chi connectivity index (χ3n) is 4.86. The summed E-state index contributed by atoms with van der Waals surface area (Å²) in [5.74, 6) is 0.829. The maximum absolute atomic E-state index is 6.16. The molecule has 1 N–H and O–H groups in total. The molecule has 4 nitrogen and oxygen atoms in total. The van der Waals surface area contributed by atoms with E-state index in [1.54, 1.807) is 12.3 Å². The van der Waals surface area contributed by atoms with Gasteiger partial charge in [0.25, 0.3) is 0 Å². The summed E-state index contributed by atoms with van der Waals surface area (Å²) in [6.45, 7) is 0. The number of pyridine rings is 2. The summed E-state index contributed by atoms with van der Waals surface area (Å²) < 4.78 is 0. The van der Waals surface area contributed by atoms with Gasteiger partial charge in [0.1, 0.15) is 11.0 Å². The second-order valence-electron chi connectivity index (χ2n) is 6.97. The highest BCUT2D eigenvalue weighted by Crippen LogP contribution is 2.32. The molecule has 30 heavy (non-hydrogen) atoms. The second kappa shape index (κ2) is 7.90. The van der Waals surface area contributed by atoms with Gasteiger partial charge < -0.3 is 4.98 Å². The molecule has 2 aromatic carbocycles. The highest BCUT2D eigenvalue weighted by atomic mass is 35.5. The summed E-state index contributed by atoms with van der Waals surface area (Å²) in [4.78, 5) is 17.3. The number of hydrogen-bond donors (Lipinski definition) is 1. The van der Waals surface area contributed by atoms with E-state index < -0.39 is 0 Å². The van der Waals surface area contributed by atoms with Crippen LogP contribution in [0.25, 0.3) is 33.5 Å². The number of aromatic amines is 1. The lowest BCUT2D eigenvalue weighted by atomic mass is 10.1. The summed E-state index contributed by atoms with van der Waals surface area (Å²) in [6.07, 6.45) is 2.42. The first kappa shape index (κ1) is 18.8. The van der Waals surface area contributed by atoms with Crippen LogP contribution in [0, 0.1) is 0 Å². The van der Waals surface area contributed by atoms with Gasteiger partial charge >= 0.3 is 0 Å². The summed E-state index contributed by atoms with van der Waals surface area (Å²) >= 11 is 12.3. The van der Waals surface area contributed by atoms with Crippen LogP contribution >= 0.6 is 23.2 Å². The highest BCUT2D eigenvalue weighted by molar-refractivity contribution is 6.30. The molecule has 3 aromatic heterocycles. The average Bonchev–Trinajstić information content (AvgIpc) is 3.17. The van der Waals surface area contributed by atoms with Gasteiger partial charge in [-0.15, -0.1) is 0 Å². The van der Waals surface area contributed by atoms with Crippen molar-refractivity contribution in [2.45, 2.75) is 6.42 Å². The van der Waals surface area contributed by atoms with Gasteiger partial charge in [-0.1, -0.05) is 53.5 Å². The van der Waals surface area contributed by atoms with Crippen LogP contribution in [0.5, 0.6) is 0 Å². The van der Waals surface area contributed by atoms with Gasteiger partial charge in [-0.05, 0) is 48.0 Å². The van der Waals surface area contributed by atoms with Gasteiger partial charge in [0.15, 0.2) is 0 Å². The molecule has 6 heteroatoms. The van der Waals surface area contributed by atoms with Gasteiger partial charge in [0.05, 0.1) is 22.6 Å². The molecule has 5 rings (SSSR count). The van der Waals surface area contributed by atoms with Crippen molar-refractivity contribution < 1.29 is 0 Å². The van der Waals surface area contributed by atoms with Crippen molar-refractivity contribution in [1.82, 2.24) is 19.9 Å². The van der Waals surface area contributed by atoms with E-state index in [0.717, 1.165) is 44.9 Å². The molecule has 146 valence electrons. The van der Waals surface area contributed by atoms with Crippen molar-refractivity contribution in [2.24, 2.45) is 0 Å². The molecule has 3 heterocycles. The smallest absolute Gasteiger partial charge is 0.129 e. The summed E-state index contributed by atoms with van der Waals surface area (Å²) in [6, 6.07) is 23.5. The molecular formula is C24H16Cl2N4.